The van der Waals surface area contributed by atoms with Gasteiger partial charge >= 0.3 is 0 Å². The highest BCUT2D eigenvalue weighted by molar-refractivity contribution is 5.82. The van der Waals surface area contributed by atoms with Gasteiger partial charge in [-0.1, -0.05) is 0 Å². The lowest BCUT2D eigenvalue weighted by Gasteiger charge is -2.42. The minimum Gasteiger partial charge on any atom is -0.378 e. The van der Waals surface area contributed by atoms with Gasteiger partial charge in [0.25, 0.3) is 0 Å². The fraction of sp³-hybridized carbons (Fsp3) is 0.500. The van der Waals surface area contributed by atoms with Gasteiger partial charge in [-0.15, -0.1) is 0 Å². The van der Waals surface area contributed by atoms with Crippen molar-refractivity contribution in [1.82, 2.24) is 19.5 Å². The van der Waals surface area contributed by atoms with Crippen LogP contribution in [0.25, 0.3) is 5.65 Å². The van der Waals surface area contributed by atoms with Crippen LogP contribution in [-0.4, -0.2) is 64.8 Å². The molecule has 2 aliphatic heterocycles. The van der Waals surface area contributed by atoms with Crippen LogP contribution in [0.15, 0.2) is 24.5 Å². The lowest BCUT2D eigenvalue weighted by Crippen LogP contribution is -2.56. The quantitative estimate of drug-likeness (QED) is 0.779. The van der Waals surface area contributed by atoms with Crippen LogP contribution < -0.4 is 4.90 Å². The van der Waals surface area contributed by atoms with Crippen molar-refractivity contribution >= 4 is 17.4 Å². The van der Waals surface area contributed by atoms with Crippen molar-refractivity contribution in [3.8, 4) is 0 Å². The Labute approximate surface area is 122 Å². The number of carbonyl (C=O) groups excluding carboxylic acids is 1. The summed E-state index contributed by atoms with van der Waals surface area (Å²) < 4.78 is 7.02. The van der Waals surface area contributed by atoms with Gasteiger partial charge in [0.15, 0.2) is 5.65 Å². The number of hydrogen-bond donors (Lipinski definition) is 0. The summed E-state index contributed by atoms with van der Waals surface area (Å²) in [5.74, 6) is 1.25. The van der Waals surface area contributed by atoms with E-state index in [1.807, 2.05) is 23.2 Å². The molecule has 0 aromatic carbocycles. The molecule has 2 aliphatic rings. The molecule has 2 aromatic rings. The summed E-state index contributed by atoms with van der Waals surface area (Å²) in [4.78, 5) is 20.9. The van der Waals surface area contributed by atoms with Gasteiger partial charge in [0.2, 0.25) is 5.91 Å². The van der Waals surface area contributed by atoms with Crippen LogP contribution in [0.5, 0.6) is 0 Å². The van der Waals surface area contributed by atoms with Crippen molar-refractivity contribution in [1.29, 1.82) is 0 Å². The third-order valence-corrected chi connectivity index (χ3v) is 4.12. The first-order chi connectivity index (χ1) is 10.3. The Hall–Kier alpha value is -2.15. The predicted molar refractivity (Wildman–Crippen MR) is 76.1 cm³/mol. The van der Waals surface area contributed by atoms with E-state index in [9.17, 15) is 4.79 Å². The first-order valence-corrected chi connectivity index (χ1v) is 7.23. The van der Waals surface area contributed by atoms with Crippen LogP contribution >= 0.6 is 0 Å². The fourth-order valence-corrected chi connectivity index (χ4v) is 2.84. The van der Waals surface area contributed by atoms with Gasteiger partial charge in [0.05, 0.1) is 25.3 Å². The van der Waals surface area contributed by atoms with Crippen molar-refractivity contribution in [3.63, 3.8) is 0 Å². The maximum Gasteiger partial charge on any atom is 0.229 e. The lowest BCUT2D eigenvalue weighted by molar-refractivity contribution is -0.140. The minimum absolute atomic E-state index is 0.0889. The second-order valence-corrected chi connectivity index (χ2v) is 5.46. The second-order valence-electron chi connectivity index (χ2n) is 5.46. The molecule has 0 bridgehead atoms. The van der Waals surface area contributed by atoms with E-state index in [1.165, 1.54) is 0 Å². The number of morpholine rings is 1. The Kier molecular flexibility index (Phi) is 2.99. The van der Waals surface area contributed by atoms with E-state index in [2.05, 4.69) is 15.0 Å². The first-order valence-electron chi connectivity index (χ1n) is 7.23. The molecule has 2 saturated heterocycles. The molecule has 0 atom stereocenters. The number of amides is 1. The van der Waals surface area contributed by atoms with Crippen LogP contribution in [-0.2, 0) is 9.53 Å². The lowest BCUT2D eigenvalue weighted by atomic mass is 9.98. The molecule has 0 unspecified atom stereocenters. The highest BCUT2D eigenvalue weighted by Gasteiger charge is 2.36. The molecule has 7 heteroatoms. The molecule has 21 heavy (non-hydrogen) atoms. The number of anilines is 1. The zero-order valence-electron chi connectivity index (χ0n) is 11.7. The molecule has 110 valence electrons. The molecule has 1 amide bonds. The summed E-state index contributed by atoms with van der Waals surface area (Å²) in [6, 6.07) is 3.81. The highest BCUT2D eigenvalue weighted by atomic mass is 16.5. The number of fused-ring (bicyclic) bond motifs is 1. The summed E-state index contributed by atoms with van der Waals surface area (Å²) in [6.45, 7) is 4.23. The fourth-order valence-electron chi connectivity index (χ4n) is 2.84. The van der Waals surface area contributed by atoms with Crippen molar-refractivity contribution < 1.29 is 9.53 Å². The van der Waals surface area contributed by atoms with Gasteiger partial charge in [-0.05, 0) is 6.07 Å². The first kappa shape index (κ1) is 12.6. The van der Waals surface area contributed by atoms with Crippen molar-refractivity contribution in [2.75, 3.05) is 44.3 Å². The Morgan fingerprint density at radius 3 is 2.86 bits per heavy atom. The molecule has 4 rings (SSSR count). The number of nitrogens with zero attached hydrogens (tertiary/aromatic N) is 5. The third-order valence-electron chi connectivity index (χ3n) is 4.12. The summed E-state index contributed by atoms with van der Waals surface area (Å²) in [5.41, 5.74) is 0.829. The average molecular weight is 287 g/mol. The Morgan fingerprint density at radius 1 is 1.24 bits per heavy atom. The number of carbonyl (C=O) groups is 1. The van der Waals surface area contributed by atoms with Crippen molar-refractivity contribution in [2.24, 2.45) is 5.92 Å². The zero-order chi connectivity index (χ0) is 14.2. The maximum atomic E-state index is 12.3. The SMILES string of the molecule is O=C(C1CN(c2ccn3nccc3n2)C1)N1CCOCC1. The molecule has 0 N–H and O–H groups in total. The molecule has 0 aliphatic carbocycles. The summed E-state index contributed by atoms with van der Waals surface area (Å²) >= 11 is 0. The van der Waals surface area contributed by atoms with Crippen LogP contribution in [0, 0.1) is 5.92 Å². The summed E-state index contributed by atoms with van der Waals surface area (Å²) in [6.07, 6.45) is 3.63. The molecule has 0 radical (unpaired) electrons. The standard InChI is InChI=1S/C14H17N5O2/c20-14(17-5-7-21-8-6-17)11-9-18(10-11)12-2-4-19-13(16-12)1-3-15-19/h1-4,11H,5-10H2. The smallest absolute Gasteiger partial charge is 0.229 e. The molecular formula is C14H17N5O2. The molecule has 2 aromatic heterocycles. The van der Waals surface area contributed by atoms with Crippen molar-refractivity contribution in [3.05, 3.63) is 24.5 Å². The van der Waals surface area contributed by atoms with Gasteiger partial charge in [-0.2, -0.15) is 5.10 Å². The highest BCUT2D eigenvalue weighted by Crippen LogP contribution is 2.24. The van der Waals surface area contributed by atoms with Crippen molar-refractivity contribution in [2.45, 2.75) is 0 Å². The topological polar surface area (TPSA) is 63.0 Å². The van der Waals surface area contributed by atoms with Crippen LogP contribution in [0.1, 0.15) is 0 Å². The Bertz CT molecular complexity index is 658. The second kappa shape index (κ2) is 5.00. The zero-order valence-corrected chi connectivity index (χ0v) is 11.7. The normalized spacial score (nSPS) is 19.8. The molecule has 0 saturated carbocycles. The van der Waals surface area contributed by atoms with E-state index in [0.717, 1.165) is 37.6 Å². The summed E-state index contributed by atoms with van der Waals surface area (Å²) in [7, 11) is 0. The van der Waals surface area contributed by atoms with E-state index in [0.29, 0.717) is 13.2 Å². The van der Waals surface area contributed by atoms with E-state index in [-0.39, 0.29) is 11.8 Å². The number of rotatable bonds is 2. The Morgan fingerprint density at radius 2 is 2.05 bits per heavy atom. The van der Waals surface area contributed by atoms with E-state index in [4.69, 9.17) is 4.74 Å². The van der Waals surface area contributed by atoms with Crippen LogP contribution in [0.2, 0.25) is 0 Å². The molecular weight excluding hydrogens is 270 g/mol. The number of hydrogen-bond acceptors (Lipinski definition) is 5. The predicted octanol–water partition coefficient (Wildman–Crippen LogP) is 0.0243. The maximum absolute atomic E-state index is 12.3. The molecule has 2 fully saturated rings. The largest absolute Gasteiger partial charge is 0.378 e. The minimum atomic E-state index is 0.0889. The molecule has 0 spiro atoms. The summed E-state index contributed by atoms with van der Waals surface area (Å²) in [5, 5.41) is 4.13. The molecule has 4 heterocycles. The number of aromatic nitrogens is 3. The van der Waals surface area contributed by atoms with E-state index < -0.39 is 0 Å². The van der Waals surface area contributed by atoms with Gasteiger partial charge in [0, 0.05) is 38.4 Å². The monoisotopic (exact) mass is 287 g/mol. The van der Waals surface area contributed by atoms with Gasteiger partial charge in [-0.25, -0.2) is 9.50 Å². The number of ether oxygens (including phenoxy) is 1. The van der Waals surface area contributed by atoms with Gasteiger partial charge in [0.1, 0.15) is 5.82 Å². The van der Waals surface area contributed by atoms with Gasteiger partial charge < -0.3 is 14.5 Å². The van der Waals surface area contributed by atoms with Crippen LogP contribution in [0.4, 0.5) is 5.82 Å². The molecule has 7 nitrogen and oxygen atoms in total. The Balaban J connectivity index is 1.40. The van der Waals surface area contributed by atoms with E-state index in [1.54, 1.807) is 10.7 Å². The van der Waals surface area contributed by atoms with E-state index >= 15 is 0 Å². The van der Waals surface area contributed by atoms with Crippen LogP contribution in [0.3, 0.4) is 0 Å². The average Bonchev–Trinajstić information content (AvgIpc) is 2.94. The van der Waals surface area contributed by atoms with Gasteiger partial charge in [-0.3, -0.25) is 4.79 Å². The third kappa shape index (κ3) is 2.23.